The highest BCUT2D eigenvalue weighted by Gasteiger charge is 2.27. The number of thiocarbonyl (C=S) groups is 1. The highest BCUT2D eigenvalue weighted by atomic mass is 32.1. The number of likely N-dealkylation sites (tertiary alicyclic amines) is 1. The van der Waals surface area contributed by atoms with Crippen LogP contribution in [0.2, 0.25) is 0 Å². The van der Waals surface area contributed by atoms with Crippen LogP contribution in [0.15, 0.2) is 24.3 Å². The molecule has 3 unspecified atom stereocenters. The normalized spacial score (nSPS) is 25.4. The van der Waals surface area contributed by atoms with Gasteiger partial charge in [0, 0.05) is 25.2 Å². The molecule has 0 radical (unpaired) electrons. The van der Waals surface area contributed by atoms with E-state index in [1.807, 2.05) is 24.3 Å². The van der Waals surface area contributed by atoms with Crippen molar-refractivity contribution >= 4 is 17.2 Å². The third-order valence-corrected chi connectivity index (χ3v) is 4.31. The quantitative estimate of drug-likeness (QED) is 0.827. The second-order valence-electron chi connectivity index (χ2n) is 5.68. The van der Waals surface area contributed by atoms with Gasteiger partial charge in [-0.25, -0.2) is 0 Å². The first kappa shape index (κ1) is 14.4. The van der Waals surface area contributed by atoms with E-state index in [1.165, 1.54) is 0 Å². The average molecular weight is 278 g/mol. The maximum atomic E-state index is 10.3. The van der Waals surface area contributed by atoms with E-state index in [4.69, 9.17) is 18.0 Å². The summed E-state index contributed by atoms with van der Waals surface area (Å²) in [6, 6.07) is 7.55. The molecule has 0 saturated carbocycles. The summed E-state index contributed by atoms with van der Waals surface area (Å²) in [5, 5.41) is 10.3. The molecule has 1 aliphatic heterocycles. The van der Waals surface area contributed by atoms with Gasteiger partial charge in [-0.3, -0.25) is 4.90 Å². The molecule has 104 valence electrons. The zero-order valence-corrected chi connectivity index (χ0v) is 12.4. The van der Waals surface area contributed by atoms with Gasteiger partial charge in [-0.1, -0.05) is 50.3 Å². The summed E-state index contributed by atoms with van der Waals surface area (Å²) >= 11 is 4.92. The van der Waals surface area contributed by atoms with Crippen molar-refractivity contribution in [2.45, 2.75) is 20.0 Å². The molecule has 19 heavy (non-hydrogen) atoms. The zero-order chi connectivity index (χ0) is 14.0. The fraction of sp³-hybridized carbons (Fsp3) is 0.533. The predicted molar refractivity (Wildman–Crippen MR) is 82.1 cm³/mol. The molecule has 0 spiro atoms. The van der Waals surface area contributed by atoms with Gasteiger partial charge < -0.3 is 10.8 Å². The molecule has 1 aromatic rings. The van der Waals surface area contributed by atoms with Crippen molar-refractivity contribution in [3.63, 3.8) is 0 Å². The van der Waals surface area contributed by atoms with Crippen LogP contribution < -0.4 is 5.73 Å². The summed E-state index contributed by atoms with van der Waals surface area (Å²) in [5.41, 5.74) is 7.33. The third kappa shape index (κ3) is 3.53. The Labute approximate surface area is 120 Å². The molecular formula is C15H22N2OS. The number of rotatable bonds is 4. The van der Waals surface area contributed by atoms with E-state index in [2.05, 4.69) is 18.7 Å². The summed E-state index contributed by atoms with van der Waals surface area (Å²) in [7, 11) is 0. The molecule has 4 heteroatoms. The van der Waals surface area contributed by atoms with E-state index in [-0.39, 0.29) is 0 Å². The van der Waals surface area contributed by atoms with Crippen LogP contribution in [-0.4, -0.2) is 34.6 Å². The molecule has 3 N–H and O–H groups in total. The van der Waals surface area contributed by atoms with Crippen LogP contribution in [0.1, 0.15) is 31.1 Å². The van der Waals surface area contributed by atoms with Gasteiger partial charge >= 0.3 is 0 Å². The van der Waals surface area contributed by atoms with Crippen molar-refractivity contribution in [1.29, 1.82) is 0 Å². The minimum absolute atomic E-state index is 0.392. The Kier molecular flexibility index (Phi) is 4.55. The van der Waals surface area contributed by atoms with Gasteiger partial charge in [0.2, 0.25) is 0 Å². The van der Waals surface area contributed by atoms with Gasteiger partial charge in [0.05, 0.1) is 6.10 Å². The Balaban J connectivity index is 1.96. The van der Waals surface area contributed by atoms with Crippen molar-refractivity contribution in [1.82, 2.24) is 4.90 Å². The van der Waals surface area contributed by atoms with Crippen LogP contribution in [0.25, 0.3) is 0 Å². The molecule has 3 atom stereocenters. The SMILES string of the molecule is CC1CN(CC(O)c2ccc(C(N)=S)cc2)CC1C. The monoisotopic (exact) mass is 278 g/mol. The van der Waals surface area contributed by atoms with Crippen molar-refractivity contribution < 1.29 is 5.11 Å². The van der Waals surface area contributed by atoms with E-state index >= 15 is 0 Å². The van der Waals surface area contributed by atoms with Gasteiger partial charge in [-0.05, 0) is 17.4 Å². The lowest BCUT2D eigenvalue weighted by molar-refractivity contribution is 0.123. The molecule has 0 aromatic heterocycles. The van der Waals surface area contributed by atoms with E-state index < -0.39 is 6.10 Å². The minimum Gasteiger partial charge on any atom is -0.389 e. The fourth-order valence-electron chi connectivity index (χ4n) is 2.62. The number of hydrogen-bond donors (Lipinski definition) is 2. The summed E-state index contributed by atoms with van der Waals surface area (Å²) in [6.07, 6.45) is -0.446. The highest BCUT2D eigenvalue weighted by Crippen LogP contribution is 2.24. The Morgan fingerprint density at radius 2 is 1.84 bits per heavy atom. The van der Waals surface area contributed by atoms with Gasteiger partial charge in [0.25, 0.3) is 0 Å². The Morgan fingerprint density at radius 3 is 2.32 bits per heavy atom. The Hall–Kier alpha value is -0.970. The Morgan fingerprint density at radius 1 is 1.32 bits per heavy atom. The predicted octanol–water partition coefficient (Wildman–Crippen LogP) is 1.94. The number of hydrogen-bond acceptors (Lipinski definition) is 3. The molecule has 3 nitrogen and oxygen atoms in total. The average Bonchev–Trinajstić information content (AvgIpc) is 2.68. The first-order valence-corrected chi connectivity index (χ1v) is 7.18. The van der Waals surface area contributed by atoms with Crippen molar-refractivity contribution in [2.24, 2.45) is 17.6 Å². The molecule has 1 heterocycles. The van der Waals surface area contributed by atoms with Crippen molar-refractivity contribution in [3.8, 4) is 0 Å². The lowest BCUT2D eigenvalue weighted by Gasteiger charge is -2.20. The molecular weight excluding hydrogens is 256 g/mol. The summed E-state index contributed by atoms with van der Waals surface area (Å²) in [6.45, 7) is 7.38. The molecule has 1 fully saturated rings. The molecule has 1 aromatic carbocycles. The maximum absolute atomic E-state index is 10.3. The number of benzene rings is 1. The summed E-state index contributed by atoms with van der Waals surface area (Å²) in [5.74, 6) is 1.42. The Bertz CT molecular complexity index is 436. The van der Waals surface area contributed by atoms with E-state index in [0.29, 0.717) is 23.4 Å². The lowest BCUT2D eigenvalue weighted by atomic mass is 10.0. The molecule has 0 aliphatic carbocycles. The van der Waals surface area contributed by atoms with E-state index in [1.54, 1.807) is 0 Å². The second-order valence-corrected chi connectivity index (χ2v) is 6.11. The van der Waals surface area contributed by atoms with E-state index in [0.717, 1.165) is 24.2 Å². The number of β-amino-alcohol motifs (C(OH)–C–C–N with tert-alkyl or cyclic N) is 1. The van der Waals surface area contributed by atoms with E-state index in [9.17, 15) is 5.11 Å². The molecule has 0 amide bonds. The van der Waals surface area contributed by atoms with Crippen LogP contribution in [0.5, 0.6) is 0 Å². The first-order valence-electron chi connectivity index (χ1n) is 6.77. The summed E-state index contributed by atoms with van der Waals surface area (Å²) < 4.78 is 0. The number of nitrogens with zero attached hydrogens (tertiary/aromatic N) is 1. The topological polar surface area (TPSA) is 49.5 Å². The lowest BCUT2D eigenvalue weighted by Crippen LogP contribution is -2.26. The van der Waals surface area contributed by atoms with Crippen LogP contribution in [0.4, 0.5) is 0 Å². The fourth-order valence-corrected chi connectivity index (χ4v) is 2.75. The number of nitrogens with two attached hydrogens (primary N) is 1. The molecule has 1 saturated heterocycles. The largest absolute Gasteiger partial charge is 0.389 e. The smallest absolute Gasteiger partial charge is 0.103 e. The van der Waals surface area contributed by atoms with Crippen LogP contribution in [0.3, 0.4) is 0 Å². The molecule has 2 rings (SSSR count). The van der Waals surface area contributed by atoms with Crippen LogP contribution >= 0.6 is 12.2 Å². The minimum atomic E-state index is -0.446. The standard InChI is InChI=1S/C15H22N2OS/c1-10-7-17(8-11(10)2)9-14(18)12-3-5-13(6-4-12)15(16)19/h3-6,10-11,14,18H,7-9H2,1-2H3,(H2,16,19). The number of aliphatic hydroxyl groups is 1. The summed E-state index contributed by atoms with van der Waals surface area (Å²) in [4.78, 5) is 2.73. The second kappa shape index (κ2) is 5.99. The molecule has 0 bridgehead atoms. The van der Waals surface area contributed by atoms with Crippen molar-refractivity contribution in [3.05, 3.63) is 35.4 Å². The zero-order valence-electron chi connectivity index (χ0n) is 11.5. The maximum Gasteiger partial charge on any atom is 0.103 e. The van der Waals surface area contributed by atoms with Gasteiger partial charge in [0.1, 0.15) is 4.99 Å². The molecule has 1 aliphatic rings. The first-order chi connectivity index (χ1) is 8.97. The number of aliphatic hydroxyl groups excluding tert-OH is 1. The van der Waals surface area contributed by atoms with Gasteiger partial charge in [0.15, 0.2) is 0 Å². The highest BCUT2D eigenvalue weighted by molar-refractivity contribution is 7.80. The van der Waals surface area contributed by atoms with Crippen LogP contribution in [-0.2, 0) is 0 Å². The third-order valence-electron chi connectivity index (χ3n) is 4.07. The van der Waals surface area contributed by atoms with Gasteiger partial charge in [-0.15, -0.1) is 0 Å². The van der Waals surface area contributed by atoms with Crippen molar-refractivity contribution in [2.75, 3.05) is 19.6 Å². The van der Waals surface area contributed by atoms with Gasteiger partial charge in [-0.2, -0.15) is 0 Å². The van der Waals surface area contributed by atoms with Crippen LogP contribution in [0, 0.1) is 11.8 Å².